The van der Waals surface area contributed by atoms with E-state index in [4.69, 9.17) is 5.73 Å². The lowest BCUT2D eigenvalue weighted by atomic mass is 10.1. The third-order valence-corrected chi connectivity index (χ3v) is 4.62. The quantitative estimate of drug-likeness (QED) is 0.317. The first-order valence-corrected chi connectivity index (χ1v) is 8.82. The number of aryl methyl sites for hydroxylation is 1. The van der Waals surface area contributed by atoms with Gasteiger partial charge in [0, 0.05) is 35.1 Å². The number of carbonyl (C=O) groups excluding carboxylic acids is 2. The van der Waals surface area contributed by atoms with Crippen LogP contribution >= 0.6 is 11.3 Å². The van der Waals surface area contributed by atoms with Crippen LogP contribution < -0.4 is 16.4 Å². The summed E-state index contributed by atoms with van der Waals surface area (Å²) in [5, 5.41) is 16.5. The number of nitrogens with zero attached hydrogens (tertiary/aromatic N) is 3. The predicted octanol–water partition coefficient (Wildman–Crippen LogP) is 2.99. The maximum absolute atomic E-state index is 13.2. The van der Waals surface area contributed by atoms with E-state index >= 15 is 0 Å². The number of aromatic nitrogens is 2. The zero-order valence-corrected chi connectivity index (χ0v) is 15.6. The van der Waals surface area contributed by atoms with E-state index in [2.05, 4.69) is 20.6 Å². The molecule has 3 rings (SSSR count). The fraction of sp³-hybridized carbons (Fsp3) is 0.0588. The van der Waals surface area contributed by atoms with E-state index in [-0.39, 0.29) is 27.1 Å². The molecule has 0 fully saturated rings. The highest BCUT2D eigenvalue weighted by Gasteiger charge is 2.21. The molecule has 0 atom stereocenters. The third kappa shape index (κ3) is 4.50. The van der Waals surface area contributed by atoms with Gasteiger partial charge in [0.15, 0.2) is 10.8 Å². The van der Waals surface area contributed by atoms with E-state index in [9.17, 15) is 24.1 Å². The molecule has 3 aromatic rings. The Hall–Kier alpha value is -3.93. The monoisotopic (exact) mass is 416 g/mol. The van der Waals surface area contributed by atoms with Gasteiger partial charge < -0.3 is 16.4 Å². The van der Waals surface area contributed by atoms with Crippen molar-refractivity contribution in [1.82, 2.24) is 9.97 Å². The number of anilines is 3. The average molecular weight is 416 g/mol. The average Bonchev–Trinajstić information content (AvgIpc) is 3.04. The van der Waals surface area contributed by atoms with E-state index in [1.165, 1.54) is 24.4 Å². The molecule has 0 aliphatic heterocycles. The second-order valence-corrected chi connectivity index (χ2v) is 6.76. The molecule has 0 saturated carbocycles. The van der Waals surface area contributed by atoms with Gasteiger partial charge in [0.1, 0.15) is 5.00 Å². The number of nitro groups is 1. The molecule has 0 saturated heterocycles. The van der Waals surface area contributed by atoms with Crippen LogP contribution in [0.25, 0.3) is 0 Å². The number of amides is 2. The van der Waals surface area contributed by atoms with E-state index in [1.54, 1.807) is 6.92 Å². The van der Waals surface area contributed by atoms with Crippen LogP contribution in [0.2, 0.25) is 0 Å². The molecule has 0 spiro atoms. The molecule has 10 nitrogen and oxygen atoms in total. The minimum atomic E-state index is -0.889. The molecular weight excluding hydrogens is 403 g/mol. The van der Waals surface area contributed by atoms with Crippen LogP contribution in [0, 0.1) is 23.0 Å². The van der Waals surface area contributed by atoms with Gasteiger partial charge in [-0.15, -0.1) is 0 Å². The molecule has 0 bridgehead atoms. The van der Waals surface area contributed by atoms with Gasteiger partial charge in [-0.05, 0) is 19.1 Å². The number of nitro benzene ring substituents is 1. The van der Waals surface area contributed by atoms with Crippen molar-refractivity contribution in [2.45, 2.75) is 6.92 Å². The van der Waals surface area contributed by atoms with Crippen molar-refractivity contribution < 1.29 is 18.9 Å². The zero-order chi connectivity index (χ0) is 21.1. The number of thiazole rings is 1. The van der Waals surface area contributed by atoms with Crippen molar-refractivity contribution in [3.05, 3.63) is 69.4 Å². The molecule has 29 heavy (non-hydrogen) atoms. The van der Waals surface area contributed by atoms with E-state index in [0.717, 1.165) is 23.5 Å². The summed E-state index contributed by atoms with van der Waals surface area (Å²) in [5.74, 6) is -2.28. The molecule has 1 aromatic carbocycles. The number of primary amides is 1. The Kier molecular flexibility index (Phi) is 5.45. The topological polar surface area (TPSA) is 153 Å². The number of hydrogen-bond donors (Lipinski definition) is 3. The summed E-state index contributed by atoms with van der Waals surface area (Å²) < 4.78 is 13.2. The van der Waals surface area contributed by atoms with Gasteiger partial charge in [-0.3, -0.25) is 19.7 Å². The number of hydrogen-bond acceptors (Lipinski definition) is 8. The first-order chi connectivity index (χ1) is 13.7. The van der Waals surface area contributed by atoms with Crippen LogP contribution in [-0.4, -0.2) is 26.7 Å². The summed E-state index contributed by atoms with van der Waals surface area (Å²) in [6.07, 6.45) is 1.24. The highest BCUT2D eigenvalue weighted by molar-refractivity contribution is 7.20. The van der Waals surface area contributed by atoms with Gasteiger partial charge in [-0.2, -0.15) is 4.39 Å². The smallest absolute Gasteiger partial charge is 0.273 e. The summed E-state index contributed by atoms with van der Waals surface area (Å²) in [6, 6.07) is 6.60. The fourth-order valence-corrected chi connectivity index (χ4v) is 3.24. The number of benzene rings is 1. The number of nitrogens with two attached hydrogens (primary N) is 1. The maximum atomic E-state index is 13.2. The lowest BCUT2D eigenvalue weighted by Gasteiger charge is -2.05. The Morgan fingerprint density at radius 3 is 2.69 bits per heavy atom. The second-order valence-electron chi connectivity index (χ2n) is 5.77. The van der Waals surface area contributed by atoms with Gasteiger partial charge in [0.25, 0.3) is 17.5 Å². The standard InChI is InChI=1S/C17H13FN6O4S/c1-8-2-3-9(6-11(8)24(27)28)15(26)23-16-13(14(19)25)22-17(29-16)21-10-4-5-20-12(18)7-10/h2-7H,1H3,(H2,19,25)(H,23,26)(H,20,21,22). The number of carbonyl (C=O) groups is 2. The Morgan fingerprint density at radius 2 is 2.03 bits per heavy atom. The summed E-state index contributed by atoms with van der Waals surface area (Å²) in [5.41, 5.74) is 5.65. The van der Waals surface area contributed by atoms with E-state index in [0.29, 0.717) is 11.3 Å². The molecule has 0 unspecified atom stereocenters. The van der Waals surface area contributed by atoms with E-state index < -0.39 is 22.7 Å². The molecule has 2 heterocycles. The summed E-state index contributed by atoms with van der Waals surface area (Å²) in [4.78, 5) is 42.1. The summed E-state index contributed by atoms with van der Waals surface area (Å²) >= 11 is 0.893. The minimum Gasteiger partial charge on any atom is -0.364 e. The normalized spacial score (nSPS) is 10.4. The van der Waals surface area contributed by atoms with Crippen molar-refractivity contribution >= 4 is 44.7 Å². The van der Waals surface area contributed by atoms with Crippen LogP contribution in [0.5, 0.6) is 0 Å². The molecule has 2 amide bonds. The number of rotatable bonds is 6. The van der Waals surface area contributed by atoms with Crippen LogP contribution in [0.15, 0.2) is 36.5 Å². The minimum absolute atomic E-state index is 0.0248. The molecule has 148 valence electrons. The molecule has 0 radical (unpaired) electrons. The van der Waals surface area contributed by atoms with Crippen LogP contribution in [0.3, 0.4) is 0 Å². The third-order valence-electron chi connectivity index (χ3n) is 3.73. The Morgan fingerprint density at radius 1 is 1.28 bits per heavy atom. The first kappa shape index (κ1) is 19.8. The van der Waals surface area contributed by atoms with Crippen LogP contribution in [0.4, 0.5) is 25.9 Å². The SMILES string of the molecule is Cc1ccc(C(=O)Nc2sc(Nc3ccnc(F)c3)nc2C(N)=O)cc1[N+](=O)[O-]. The summed E-state index contributed by atoms with van der Waals surface area (Å²) in [7, 11) is 0. The molecule has 0 aliphatic carbocycles. The van der Waals surface area contributed by atoms with Crippen molar-refractivity contribution in [2.75, 3.05) is 10.6 Å². The maximum Gasteiger partial charge on any atom is 0.273 e. The Balaban J connectivity index is 1.87. The van der Waals surface area contributed by atoms with Crippen LogP contribution in [0.1, 0.15) is 26.4 Å². The van der Waals surface area contributed by atoms with Crippen LogP contribution in [-0.2, 0) is 0 Å². The second kappa shape index (κ2) is 7.98. The predicted molar refractivity (Wildman–Crippen MR) is 104 cm³/mol. The molecule has 2 aromatic heterocycles. The van der Waals surface area contributed by atoms with Gasteiger partial charge in [0.05, 0.1) is 4.92 Å². The Bertz CT molecular complexity index is 1130. The number of nitrogens with one attached hydrogen (secondary N) is 2. The van der Waals surface area contributed by atoms with Gasteiger partial charge >= 0.3 is 0 Å². The zero-order valence-electron chi connectivity index (χ0n) is 14.8. The Labute approximate surface area is 166 Å². The van der Waals surface area contributed by atoms with Gasteiger partial charge in [-0.1, -0.05) is 17.4 Å². The first-order valence-electron chi connectivity index (χ1n) is 8.00. The van der Waals surface area contributed by atoms with Crippen molar-refractivity contribution in [1.29, 1.82) is 0 Å². The highest BCUT2D eigenvalue weighted by Crippen LogP contribution is 2.31. The number of halogens is 1. The molecule has 0 aliphatic rings. The highest BCUT2D eigenvalue weighted by atomic mass is 32.1. The summed E-state index contributed by atoms with van der Waals surface area (Å²) in [6.45, 7) is 1.55. The molecule has 12 heteroatoms. The van der Waals surface area contributed by atoms with Gasteiger partial charge in [0.2, 0.25) is 5.95 Å². The lowest BCUT2D eigenvalue weighted by Crippen LogP contribution is -2.17. The fourth-order valence-electron chi connectivity index (χ4n) is 2.35. The lowest BCUT2D eigenvalue weighted by molar-refractivity contribution is -0.385. The molecular formula is C17H13FN6O4S. The van der Waals surface area contributed by atoms with Crippen molar-refractivity contribution in [2.24, 2.45) is 5.73 Å². The van der Waals surface area contributed by atoms with E-state index in [1.807, 2.05) is 0 Å². The molecule has 4 N–H and O–H groups in total. The van der Waals surface area contributed by atoms with Gasteiger partial charge in [-0.25, -0.2) is 9.97 Å². The largest absolute Gasteiger partial charge is 0.364 e. The van der Waals surface area contributed by atoms with Crippen molar-refractivity contribution in [3.63, 3.8) is 0 Å². The van der Waals surface area contributed by atoms with Crippen molar-refractivity contribution in [3.8, 4) is 0 Å². The number of pyridine rings is 1.